The number of nitrogen functional groups attached to an aromatic ring is 1. The van der Waals surface area contributed by atoms with E-state index in [9.17, 15) is 0 Å². The molecule has 142 valence electrons. The molecule has 0 bridgehead atoms. The fourth-order valence-electron chi connectivity index (χ4n) is 3.58. The molecule has 7 heteroatoms. The molecule has 0 unspecified atom stereocenters. The van der Waals surface area contributed by atoms with Crippen molar-refractivity contribution in [2.75, 3.05) is 24.1 Å². The van der Waals surface area contributed by atoms with Gasteiger partial charge in [0.1, 0.15) is 5.52 Å². The molecule has 1 saturated heterocycles. The molecule has 4 rings (SSSR count). The summed E-state index contributed by atoms with van der Waals surface area (Å²) in [6.45, 7) is 4.83. The molecule has 3 aromatic rings. The Morgan fingerprint density at radius 1 is 1.26 bits per heavy atom. The Hall–Kier alpha value is -2.67. The van der Waals surface area contributed by atoms with Crippen molar-refractivity contribution in [3.05, 3.63) is 41.6 Å². The van der Waals surface area contributed by atoms with Gasteiger partial charge in [-0.2, -0.15) is 10.1 Å². The second-order valence-electron chi connectivity index (χ2n) is 7.16. The number of nitrogens with two attached hydrogens (primary N) is 1. The highest BCUT2D eigenvalue weighted by atomic mass is 15.3. The van der Waals surface area contributed by atoms with Crippen molar-refractivity contribution in [1.29, 1.82) is 0 Å². The third-order valence-electron chi connectivity index (χ3n) is 5.04. The molecule has 2 aromatic heterocycles. The van der Waals surface area contributed by atoms with Crippen LogP contribution in [0.3, 0.4) is 0 Å². The Labute approximate surface area is 159 Å². The van der Waals surface area contributed by atoms with Crippen LogP contribution in [-0.4, -0.2) is 32.8 Å². The van der Waals surface area contributed by atoms with Gasteiger partial charge in [-0.1, -0.05) is 37.6 Å². The highest BCUT2D eigenvalue weighted by molar-refractivity contribution is 5.85. The van der Waals surface area contributed by atoms with E-state index in [4.69, 9.17) is 5.73 Å². The molecule has 27 heavy (non-hydrogen) atoms. The molecule has 0 radical (unpaired) electrons. The van der Waals surface area contributed by atoms with Crippen LogP contribution >= 0.6 is 0 Å². The largest absolute Gasteiger partial charge is 0.368 e. The standard InChI is InChI=1S/C20H27N7/c1-2-3-10-23-19-18-17(24-20(21)25-19)13-27(26-18)12-14-6-8-15(9-7-14)16-5-4-11-22-16/h6-9,13,16,22H,2-5,10-12H2,1H3,(H3,21,23,24,25)/t16-/m0/s1. The molecule has 0 amide bonds. The van der Waals surface area contributed by atoms with Crippen molar-refractivity contribution in [3.8, 4) is 0 Å². The molecule has 0 saturated carbocycles. The summed E-state index contributed by atoms with van der Waals surface area (Å²) in [6, 6.07) is 9.31. The van der Waals surface area contributed by atoms with Gasteiger partial charge in [-0.15, -0.1) is 0 Å². The van der Waals surface area contributed by atoms with Gasteiger partial charge in [0, 0.05) is 12.6 Å². The molecule has 3 heterocycles. The third-order valence-corrected chi connectivity index (χ3v) is 5.04. The molecule has 1 atom stereocenters. The molecule has 1 aliphatic rings. The van der Waals surface area contributed by atoms with Crippen LogP contribution in [0.5, 0.6) is 0 Å². The summed E-state index contributed by atoms with van der Waals surface area (Å²) in [6.07, 6.45) is 6.61. The maximum atomic E-state index is 5.86. The number of nitrogens with one attached hydrogen (secondary N) is 2. The minimum absolute atomic E-state index is 0.273. The van der Waals surface area contributed by atoms with Gasteiger partial charge in [-0.25, -0.2) is 4.98 Å². The molecule has 4 N–H and O–H groups in total. The normalized spacial score (nSPS) is 16.9. The highest BCUT2D eigenvalue weighted by Crippen LogP contribution is 2.24. The zero-order valence-corrected chi connectivity index (χ0v) is 15.8. The molecular formula is C20H27N7. The monoisotopic (exact) mass is 365 g/mol. The molecule has 1 aliphatic heterocycles. The molecule has 0 aliphatic carbocycles. The summed E-state index contributed by atoms with van der Waals surface area (Å²) in [5, 5.41) is 11.6. The lowest BCUT2D eigenvalue weighted by Crippen LogP contribution is -2.12. The van der Waals surface area contributed by atoms with Crippen molar-refractivity contribution in [2.24, 2.45) is 0 Å². The van der Waals surface area contributed by atoms with Crippen LogP contribution in [0, 0.1) is 0 Å². The Bertz CT molecular complexity index is 895. The van der Waals surface area contributed by atoms with Gasteiger partial charge in [0.05, 0.1) is 12.7 Å². The van der Waals surface area contributed by atoms with E-state index in [1.807, 2.05) is 10.9 Å². The molecule has 0 spiro atoms. The van der Waals surface area contributed by atoms with E-state index in [0.29, 0.717) is 18.4 Å². The smallest absolute Gasteiger partial charge is 0.222 e. The highest BCUT2D eigenvalue weighted by Gasteiger charge is 2.16. The maximum absolute atomic E-state index is 5.86. The molecule has 7 nitrogen and oxygen atoms in total. The Morgan fingerprint density at radius 2 is 2.11 bits per heavy atom. The number of rotatable bonds is 7. The van der Waals surface area contributed by atoms with Gasteiger partial charge >= 0.3 is 0 Å². The second-order valence-corrected chi connectivity index (χ2v) is 7.16. The maximum Gasteiger partial charge on any atom is 0.222 e. The quantitative estimate of drug-likeness (QED) is 0.557. The number of nitrogens with zero attached hydrogens (tertiary/aromatic N) is 4. The minimum Gasteiger partial charge on any atom is -0.368 e. The topological polar surface area (TPSA) is 93.7 Å². The number of benzene rings is 1. The summed E-state index contributed by atoms with van der Waals surface area (Å²) < 4.78 is 1.91. The average molecular weight is 365 g/mol. The fraction of sp³-hybridized carbons (Fsp3) is 0.450. The van der Waals surface area contributed by atoms with E-state index < -0.39 is 0 Å². The summed E-state index contributed by atoms with van der Waals surface area (Å²) in [5.41, 5.74) is 9.98. The summed E-state index contributed by atoms with van der Waals surface area (Å²) in [7, 11) is 0. The first-order chi connectivity index (χ1) is 13.2. The van der Waals surface area contributed by atoms with Crippen molar-refractivity contribution < 1.29 is 0 Å². The van der Waals surface area contributed by atoms with Crippen LogP contribution in [0.25, 0.3) is 11.0 Å². The lowest BCUT2D eigenvalue weighted by atomic mass is 10.0. The van der Waals surface area contributed by atoms with Gasteiger partial charge in [-0.3, -0.25) is 4.68 Å². The SMILES string of the molecule is CCCCNc1nc(N)nc2cn(Cc3ccc([C@@H]4CCCN4)cc3)nc12. The van der Waals surface area contributed by atoms with Gasteiger partial charge in [-0.05, 0) is 36.9 Å². The molecular weight excluding hydrogens is 338 g/mol. The zero-order chi connectivity index (χ0) is 18.6. The van der Waals surface area contributed by atoms with Gasteiger partial charge in [0.15, 0.2) is 11.3 Å². The summed E-state index contributed by atoms with van der Waals surface area (Å²) >= 11 is 0. The van der Waals surface area contributed by atoms with Gasteiger partial charge in [0.2, 0.25) is 5.95 Å². The van der Waals surface area contributed by atoms with E-state index in [0.717, 1.165) is 37.0 Å². The lowest BCUT2D eigenvalue weighted by Gasteiger charge is -2.11. The van der Waals surface area contributed by atoms with Crippen molar-refractivity contribution in [3.63, 3.8) is 0 Å². The van der Waals surface area contributed by atoms with Gasteiger partial charge < -0.3 is 16.4 Å². The van der Waals surface area contributed by atoms with E-state index in [1.54, 1.807) is 0 Å². The van der Waals surface area contributed by atoms with E-state index in [1.165, 1.54) is 24.0 Å². The Kier molecular flexibility index (Phi) is 5.20. The predicted molar refractivity (Wildman–Crippen MR) is 109 cm³/mol. The average Bonchev–Trinajstić information content (AvgIpc) is 3.32. The Morgan fingerprint density at radius 3 is 2.85 bits per heavy atom. The Balaban J connectivity index is 1.52. The lowest BCUT2D eigenvalue weighted by molar-refractivity contribution is 0.646. The number of aromatic nitrogens is 4. The number of unbranched alkanes of at least 4 members (excludes halogenated alkanes) is 1. The number of fused-ring (bicyclic) bond motifs is 1. The van der Waals surface area contributed by atoms with Crippen LogP contribution < -0.4 is 16.4 Å². The third kappa shape index (κ3) is 4.03. The summed E-state index contributed by atoms with van der Waals surface area (Å²) in [4.78, 5) is 8.65. The summed E-state index contributed by atoms with van der Waals surface area (Å²) in [5.74, 6) is 0.988. The van der Waals surface area contributed by atoms with Crippen LogP contribution in [0.2, 0.25) is 0 Å². The molecule has 1 aromatic carbocycles. The second kappa shape index (κ2) is 7.92. The van der Waals surface area contributed by atoms with E-state index >= 15 is 0 Å². The van der Waals surface area contributed by atoms with Crippen molar-refractivity contribution in [2.45, 2.75) is 45.2 Å². The first-order valence-electron chi connectivity index (χ1n) is 9.79. The first kappa shape index (κ1) is 17.7. The van der Waals surface area contributed by atoms with Crippen molar-refractivity contribution in [1.82, 2.24) is 25.1 Å². The van der Waals surface area contributed by atoms with Crippen LogP contribution in [-0.2, 0) is 6.54 Å². The van der Waals surface area contributed by atoms with Crippen LogP contribution in [0.1, 0.15) is 49.8 Å². The van der Waals surface area contributed by atoms with E-state index in [2.05, 4.69) is 56.9 Å². The zero-order valence-electron chi connectivity index (χ0n) is 15.8. The fourth-order valence-corrected chi connectivity index (χ4v) is 3.58. The van der Waals surface area contributed by atoms with Crippen molar-refractivity contribution >= 4 is 22.8 Å². The number of anilines is 2. The van der Waals surface area contributed by atoms with Crippen LogP contribution in [0.15, 0.2) is 30.5 Å². The molecule has 1 fully saturated rings. The van der Waals surface area contributed by atoms with Gasteiger partial charge in [0.25, 0.3) is 0 Å². The number of hydrogen-bond acceptors (Lipinski definition) is 6. The first-order valence-corrected chi connectivity index (χ1v) is 9.79. The minimum atomic E-state index is 0.273. The predicted octanol–water partition coefficient (Wildman–Crippen LogP) is 3.09. The van der Waals surface area contributed by atoms with Crippen LogP contribution in [0.4, 0.5) is 11.8 Å². The number of hydrogen-bond donors (Lipinski definition) is 3. The van der Waals surface area contributed by atoms with E-state index in [-0.39, 0.29) is 5.95 Å².